The molecule has 0 amide bonds. The van der Waals surface area contributed by atoms with Gasteiger partial charge in [-0.05, 0) is 44.2 Å². The third kappa shape index (κ3) is 2.95. The predicted octanol–water partition coefficient (Wildman–Crippen LogP) is 2.17. The Morgan fingerprint density at radius 2 is 2.00 bits per heavy atom. The van der Waals surface area contributed by atoms with Gasteiger partial charge in [0.2, 0.25) is 17.2 Å². The van der Waals surface area contributed by atoms with Gasteiger partial charge in [0.15, 0.2) is 0 Å². The van der Waals surface area contributed by atoms with E-state index < -0.39 is 0 Å². The summed E-state index contributed by atoms with van der Waals surface area (Å²) in [6, 6.07) is 0.396. The Bertz CT molecular complexity index is 366. The van der Waals surface area contributed by atoms with Crippen LogP contribution in [0.3, 0.4) is 0 Å². The van der Waals surface area contributed by atoms with Crippen LogP contribution in [-0.4, -0.2) is 27.5 Å². The molecule has 6 heteroatoms. The van der Waals surface area contributed by atoms with E-state index >= 15 is 0 Å². The third-order valence-corrected chi connectivity index (χ3v) is 2.80. The van der Waals surface area contributed by atoms with E-state index in [1.165, 1.54) is 12.8 Å². The van der Waals surface area contributed by atoms with Crippen LogP contribution < -0.4 is 10.6 Å². The maximum Gasteiger partial charge on any atom is 0.229 e. The van der Waals surface area contributed by atoms with E-state index in [4.69, 9.17) is 11.6 Å². The smallest absolute Gasteiger partial charge is 0.229 e. The second-order valence-corrected chi connectivity index (χ2v) is 4.39. The molecule has 0 saturated heterocycles. The van der Waals surface area contributed by atoms with Crippen LogP contribution in [-0.2, 0) is 0 Å². The quantitative estimate of drug-likeness (QED) is 0.827. The lowest BCUT2D eigenvalue weighted by Crippen LogP contribution is -2.20. The van der Waals surface area contributed by atoms with E-state index in [-0.39, 0.29) is 5.28 Å². The molecule has 1 fully saturated rings. The minimum atomic E-state index is 0.219. The van der Waals surface area contributed by atoms with Gasteiger partial charge in [-0.15, -0.1) is 0 Å². The molecule has 1 heterocycles. The summed E-state index contributed by atoms with van der Waals surface area (Å²) >= 11 is 5.82. The number of anilines is 2. The molecule has 0 spiro atoms. The van der Waals surface area contributed by atoms with E-state index in [0.29, 0.717) is 17.9 Å². The molecule has 16 heavy (non-hydrogen) atoms. The molecule has 0 bridgehead atoms. The van der Waals surface area contributed by atoms with Gasteiger partial charge < -0.3 is 10.6 Å². The molecule has 2 N–H and O–H groups in total. The van der Waals surface area contributed by atoms with E-state index in [2.05, 4.69) is 32.5 Å². The molecule has 1 aromatic rings. The molecule has 1 atom stereocenters. The van der Waals surface area contributed by atoms with Gasteiger partial charge in [-0.2, -0.15) is 15.0 Å². The summed E-state index contributed by atoms with van der Waals surface area (Å²) in [5, 5.41) is 6.50. The Balaban J connectivity index is 2.06. The van der Waals surface area contributed by atoms with Crippen LogP contribution in [0.5, 0.6) is 0 Å². The number of halogens is 1. The standard InChI is InChI=1S/C10H16ClN5/c1-3-12-9-14-8(11)15-10(16-9)13-6(2)7-4-5-7/h6-7H,3-5H2,1-2H3,(H2,12,13,14,15,16). The van der Waals surface area contributed by atoms with Gasteiger partial charge in [-0.1, -0.05) is 0 Å². The van der Waals surface area contributed by atoms with E-state index in [1.807, 2.05) is 6.92 Å². The molecule has 1 aromatic heterocycles. The largest absolute Gasteiger partial charge is 0.354 e. The van der Waals surface area contributed by atoms with Gasteiger partial charge in [-0.25, -0.2) is 0 Å². The van der Waals surface area contributed by atoms with Crippen LogP contribution in [0.2, 0.25) is 5.28 Å². The predicted molar refractivity (Wildman–Crippen MR) is 64.8 cm³/mol. The minimum absolute atomic E-state index is 0.219. The molecular formula is C10H16ClN5. The average Bonchev–Trinajstić information content (AvgIpc) is 2.99. The number of nitrogens with zero attached hydrogens (tertiary/aromatic N) is 3. The first-order valence-electron chi connectivity index (χ1n) is 5.61. The fourth-order valence-corrected chi connectivity index (χ4v) is 1.73. The Kier molecular flexibility index (Phi) is 3.43. The van der Waals surface area contributed by atoms with Crippen molar-refractivity contribution in [1.29, 1.82) is 0 Å². The van der Waals surface area contributed by atoms with Crippen molar-refractivity contribution in [2.75, 3.05) is 17.2 Å². The molecule has 1 aliphatic rings. The van der Waals surface area contributed by atoms with Gasteiger partial charge in [0.25, 0.3) is 0 Å². The molecule has 2 rings (SSSR count). The summed E-state index contributed by atoms with van der Waals surface area (Å²) in [7, 11) is 0. The second kappa shape index (κ2) is 4.82. The van der Waals surface area contributed by atoms with Crippen LogP contribution >= 0.6 is 11.6 Å². The molecule has 1 saturated carbocycles. The van der Waals surface area contributed by atoms with Gasteiger partial charge in [-0.3, -0.25) is 0 Å². The normalized spacial score (nSPS) is 16.9. The van der Waals surface area contributed by atoms with Crippen molar-refractivity contribution in [2.45, 2.75) is 32.7 Å². The first-order valence-corrected chi connectivity index (χ1v) is 5.99. The number of rotatable bonds is 5. The molecular weight excluding hydrogens is 226 g/mol. The fourth-order valence-electron chi connectivity index (χ4n) is 1.57. The van der Waals surface area contributed by atoms with Gasteiger partial charge in [0.1, 0.15) is 0 Å². The molecule has 1 unspecified atom stereocenters. The summed E-state index contributed by atoms with van der Waals surface area (Å²) in [6.07, 6.45) is 2.57. The zero-order chi connectivity index (χ0) is 11.5. The summed E-state index contributed by atoms with van der Waals surface area (Å²) < 4.78 is 0. The van der Waals surface area contributed by atoms with E-state index in [0.717, 1.165) is 12.5 Å². The molecule has 0 aliphatic heterocycles. The van der Waals surface area contributed by atoms with Crippen molar-refractivity contribution in [3.63, 3.8) is 0 Å². The highest BCUT2D eigenvalue weighted by molar-refractivity contribution is 6.28. The third-order valence-electron chi connectivity index (χ3n) is 2.63. The SMILES string of the molecule is CCNc1nc(Cl)nc(NC(C)C2CC2)n1. The Morgan fingerprint density at radius 3 is 2.62 bits per heavy atom. The molecule has 0 aromatic carbocycles. The summed E-state index contributed by atoms with van der Waals surface area (Å²) in [4.78, 5) is 12.3. The Labute approximate surface area is 100 Å². The minimum Gasteiger partial charge on any atom is -0.354 e. The highest BCUT2D eigenvalue weighted by atomic mass is 35.5. The molecule has 5 nitrogen and oxygen atoms in total. The van der Waals surface area contributed by atoms with Crippen molar-refractivity contribution < 1.29 is 0 Å². The average molecular weight is 242 g/mol. The lowest BCUT2D eigenvalue weighted by Gasteiger charge is -2.13. The van der Waals surface area contributed by atoms with Crippen LogP contribution in [0.15, 0.2) is 0 Å². The van der Waals surface area contributed by atoms with Crippen molar-refractivity contribution in [1.82, 2.24) is 15.0 Å². The number of nitrogens with one attached hydrogen (secondary N) is 2. The Hall–Kier alpha value is -1.10. The van der Waals surface area contributed by atoms with Crippen LogP contribution in [0.25, 0.3) is 0 Å². The molecule has 0 radical (unpaired) electrons. The lowest BCUT2D eigenvalue weighted by molar-refractivity contribution is 0.685. The maximum atomic E-state index is 5.82. The van der Waals surface area contributed by atoms with Crippen molar-refractivity contribution >= 4 is 23.5 Å². The van der Waals surface area contributed by atoms with Gasteiger partial charge in [0.05, 0.1) is 0 Å². The lowest BCUT2D eigenvalue weighted by atomic mass is 10.2. The zero-order valence-electron chi connectivity index (χ0n) is 9.50. The zero-order valence-corrected chi connectivity index (χ0v) is 10.3. The van der Waals surface area contributed by atoms with Crippen molar-refractivity contribution in [3.8, 4) is 0 Å². The van der Waals surface area contributed by atoms with Crippen LogP contribution in [0, 0.1) is 5.92 Å². The molecule has 88 valence electrons. The first-order chi connectivity index (χ1) is 7.69. The number of hydrogen-bond acceptors (Lipinski definition) is 5. The summed E-state index contributed by atoms with van der Waals surface area (Å²) in [5.74, 6) is 1.82. The fraction of sp³-hybridized carbons (Fsp3) is 0.700. The summed E-state index contributed by atoms with van der Waals surface area (Å²) in [5.41, 5.74) is 0. The maximum absolute atomic E-state index is 5.82. The van der Waals surface area contributed by atoms with Crippen molar-refractivity contribution in [3.05, 3.63) is 5.28 Å². The first kappa shape index (κ1) is 11.4. The second-order valence-electron chi connectivity index (χ2n) is 4.05. The van der Waals surface area contributed by atoms with Crippen LogP contribution in [0.4, 0.5) is 11.9 Å². The highest BCUT2D eigenvalue weighted by Gasteiger charge is 2.28. The van der Waals surface area contributed by atoms with Gasteiger partial charge >= 0.3 is 0 Å². The summed E-state index contributed by atoms with van der Waals surface area (Å²) in [6.45, 7) is 4.89. The highest BCUT2D eigenvalue weighted by Crippen LogP contribution is 2.33. The van der Waals surface area contributed by atoms with E-state index in [1.54, 1.807) is 0 Å². The number of aromatic nitrogens is 3. The van der Waals surface area contributed by atoms with Crippen LogP contribution in [0.1, 0.15) is 26.7 Å². The Morgan fingerprint density at radius 1 is 1.31 bits per heavy atom. The number of hydrogen-bond donors (Lipinski definition) is 2. The topological polar surface area (TPSA) is 62.7 Å². The van der Waals surface area contributed by atoms with Gasteiger partial charge in [0, 0.05) is 12.6 Å². The van der Waals surface area contributed by atoms with Crippen molar-refractivity contribution in [2.24, 2.45) is 5.92 Å². The monoisotopic (exact) mass is 241 g/mol. The molecule has 1 aliphatic carbocycles. The van der Waals surface area contributed by atoms with E-state index in [9.17, 15) is 0 Å².